The molecule has 2 aromatic heterocycles. The zero-order chi connectivity index (χ0) is 25.9. The Kier molecular flexibility index (Phi) is 7.55. The maximum absolute atomic E-state index is 12.0. The Balaban J connectivity index is 1.41. The van der Waals surface area contributed by atoms with Gasteiger partial charge in [-0.05, 0) is 84.5 Å². The van der Waals surface area contributed by atoms with Gasteiger partial charge in [0.25, 0.3) is 0 Å². The maximum Gasteiger partial charge on any atom is 0.345 e. The first-order valence-corrected chi connectivity index (χ1v) is 15.2. The number of fused-ring (bicyclic) bond motifs is 1. The van der Waals surface area contributed by atoms with Crippen molar-refractivity contribution in [1.82, 2.24) is 4.57 Å². The van der Waals surface area contributed by atoms with E-state index in [-0.39, 0.29) is 0 Å². The highest BCUT2D eigenvalue weighted by Gasteiger charge is 2.30. The van der Waals surface area contributed by atoms with Crippen LogP contribution < -0.4 is 4.74 Å². The highest BCUT2D eigenvalue weighted by molar-refractivity contribution is 7.21. The number of rotatable bonds is 8. The van der Waals surface area contributed by atoms with Crippen LogP contribution in [0.2, 0.25) is 0 Å². The molecule has 0 amide bonds. The monoisotopic (exact) mass is 527 g/mol. The number of carboxylic acid groups (broad SMARTS) is 1. The van der Waals surface area contributed by atoms with Gasteiger partial charge in [-0.2, -0.15) is 0 Å². The van der Waals surface area contributed by atoms with Crippen molar-refractivity contribution in [3.05, 3.63) is 76.7 Å². The third-order valence-electron chi connectivity index (χ3n) is 8.54. The fourth-order valence-corrected chi connectivity index (χ4v) is 7.73. The normalized spacial score (nSPS) is 17.2. The van der Waals surface area contributed by atoms with E-state index < -0.39 is 5.97 Å². The summed E-state index contributed by atoms with van der Waals surface area (Å²) in [6, 6.07) is 20.8. The molecule has 4 nitrogen and oxygen atoms in total. The molecule has 2 heterocycles. The average Bonchev–Trinajstić information content (AvgIpc) is 3.52. The summed E-state index contributed by atoms with van der Waals surface area (Å²) >= 11 is 1.48. The van der Waals surface area contributed by atoms with Crippen LogP contribution in [0.15, 0.2) is 60.7 Å². The van der Waals surface area contributed by atoms with Crippen molar-refractivity contribution in [3.8, 4) is 17.0 Å². The molecule has 2 aromatic carbocycles. The van der Waals surface area contributed by atoms with Gasteiger partial charge >= 0.3 is 5.97 Å². The van der Waals surface area contributed by atoms with Gasteiger partial charge in [0.2, 0.25) is 0 Å². The molecule has 2 fully saturated rings. The number of hydrogen-bond acceptors (Lipinski definition) is 3. The lowest BCUT2D eigenvalue weighted by atomic mass is 9.83. The summed E-state index contributed by atoms with van der Waals surface area (Å²) in [6.07, 6.45) is 12.7. The molecule has 0 atom stereocenters. The number of aromatic carboxylic acids is 1. The Morgan fingerprint density at radius 2 is 1.58 bits per heavy atom. The second-order valence-corrected chi connectivity index (χ2v) is 12.2. The van der Waals surface area contributed by atoms with Gasteiger partial charge in [-0.3, -0.25) is 0 Å². The van der Waals surface area contributed by atoms with Crippen LogP contribution in [0.1, 0.15) is 90.9 Å². The maximum atomic E-state index is 12.0. The van der Waals surface area contributed by atoms with E-state index in [2.05, 4.69) is 41.0 Å². The van der Waals surface area contributed by atoms with Crippen LogP contribution in [0.3, 0.4) is 0 Å². The Morgan fingerprint density at radius 3 is 2.26 bits per heavy atom. The van der Waals surface area contributed by atoms with Crippen LogP contribution in [0, 0.1) is 5.92 Å². The third kappa shape index (κ3) is 5.26. The molecule has 5 heteroatoms. The highest BCUT2D eigenvalue weighted by atomic mass is 32.1. The molecule has 0 bridgehead atoms. The predicted molar refractivity (Wildman–Crippen MR) is 155 cm³/mol. The summed E-state index contributed by atoms with van der Waals surface area (Å²) in [6.45, 7) is 1.53. The number of thiophene rings is 1. The van der Waals surface area contributed by atoms with Gasteiger partial charge in [0, 0.05) is 6.54 Å². The fraction of sp³-hybridized carbons (Fsp3) is 0.424. The molecule has 6 rings (SSSR count). The molecule has 0 unspecified atom stereocenters. The second kappa shape index (κ2) is 11.4. The third-order valence-corrected chi connectivity index (χ3v) is 9.68. The molecule has 0 saturated heterocycles. The lowest BCUT2D eigenvalue weighted by Crippen LogP contribution is -2.15. The first-order valence-electron chi connectivity index (χ1n) is 14.3. The number of carboxylic acids is 1. The van der Waals surface area contributed by atoms with Gasteiger partial charge in [-0.15, -0.1) is 11.3 Å². The predicted octanol–water partition coefficient (Wildman–Crippen LogP) is 9.27. The average molecular weight is 528 g/mol. The number of nitrogens with zero attached hydrogens (tertiary/aromatic N) is 1. The molecular formula is C33H37NO3S. The highest BCUT2D eigenvalue weighted by Crippen LogP contribution is 2.47. The van der Waals surface area contributed by atoms with E-state index in [1.807, 2.05) is 24.3 Å². The van der Waals surface area contributed by atoms with Gasteiger partial charge in [0.1, 0.15) is 17.2 Å². The lowest BCUT2D eigenvalue weighted by Gasteiger charge is -2.26. The molecule has 198 valence electrons. The van der Waals surface area contributed by atoms with E-state index in [1.165, 1.54) is 97.1 Å². The number of carbonyl (C=O) groups is 1. The first-order chi connectivity index (χ1) is 18.7. The molecule has 1 N–H and O–H groups in total. The molecule has 4 aromatic rings. The Bertz CT molecular complexity index is 1370. The van der Waals surface area contributed by atoms with Crippen LogP contribution in [0.25, 0.3) is 21.5 Å². The standard InChI is InChI=1S/C33H37NO3S/c35-33(36)29-20-28-32(38-29)30(25-14-8-3-9-15-25)31(34(28)21-23-10-4-1-5-11-23)26-16-18-27(19-17-26)37-22-24-12-6-2-7-13-24/h2,6-7,12-13,16-20,23,25H,1,3-5,8-11,14-15,21-22H2,(H,35,36). The van der Waals surface area contributed by atoms with E-state index in [1.54, 1.807) is 0 Å². The Hall–Kier alpha value is -3.05. The zero-order valence-electron chi connectivity index (χ0n) is 22.0. The second-order valence-electron chi connectivity index (χ2n) is 11.1. The molecule has 2 aliphatic rings. The Morgan fingerprint density at radius 1 is 0.895 bits per heavy atom. The summed E-state index contributed by atoms with van der Waals surface area (Å²) in [5.74, 6) is 1.20. The lowest BCUT2D eigenvalue weighted by molar-refractivity contribution is 0.0702. The number of aromatic nitrogens is 1. The Labute approximate surface area is 229 Å². The van der Waals surface area contributed by atoms with E-state index in [0.717, 1.165) is 23.4 Å². The van der Waals surface area contributed by atoms with Gasteiger partial charge in [0.15, 0.2) is 0 Å². The summed E-state index contributed by atoms with van der Waals surface area (Å²) in [4.78, 5) is 12.5. The minimum absolute atomic E-state index is 0.459. The van der Waals surface area contributed by atoms with Gasteiger partial charge < -0.3 is 14.4 Å². The fourth-order valence-electron chi connectivity index (χ4n) is 6.60. The van der Waals surface area contributed by atoms with Gasteiger partial charge in [0.05, 0.1) is 15.9 Å². The number of hydrogen-bond donors (Lipinski definition) is 1. The van der Waals surface area contributed by atoms with Crippen molar-refractivity contribution in [2.24, 2.45) is 5.92 Å². The van der Waals surface area contributed by atoms with Crippen molar-refractivity contribution in [3.63, 3.8) is 0 Å². The number of ether oxygens (including phenoxy) is 1. The van der Waals surface area contributed by atoms with E-state index in [4.69, 9.17) is 4.74 Å². The van der Waals surface area contributed by atoms with Crippen LogP contribution in [0.5, 0.6) is 5.75 Å². The smallest absolute Gasteiger partial charge is 0.345 e. The minimum Gasteiger partial charge on any atom is -0.489 e. The van der Waals surface area contributed by atoms with Crippen molar-refractivity contribution in [1.29, 1.82) is 0 Å². The largest absolute Gasteiger partial charge is 0.489 e. The molecule has 0 aliphatic heterocycles. The quantitative estimate of drug-likeness (QED) is 0.248. The van der Waals surface area contributed by atoms with Crippen molar-refractivity contribution >= 4 is 27.5 Å². The molecule has 2 aliphatic carbocycles. The molecule has 2 saturated carbocycles. The summed E-state index contributed by atoms with van der Waals surface area (Å²) in [7, 11) is 0. The van der Waals surface area contributed by atoms with Crippen LogP contribution >= 0.6 is 11.3 Å². The van der Waals surface area contributed by atoms with Crippen LogP contribution in [-0.4, -0.2) is 15.6 Å². The molecule has 0 spiro atoms. The van der Waals surface area contributed by atoms with Crippen molar-refractivity contribution in [2.45, 2.75) is 83.3 Å². The first kappa shape index (κ1) is 25.2. The van der Waals surface area contributed by atoms with E-state index in [9.17, 15) is 9.90 Å². The zero-order valence-corrected chi connectivity index (χ0v) is 22.8. The van der Waals surface area contributed by atoms with Crippen molar-refractivity contribution < 1.29 is 14.6 Å². The molecule has 0 radical (unpaired) electrons. The number of benzene rings is 2. The van der Waals surface area contributed by atoms with Crippen molar-refractivity contribution in [2.75, 3.05) is 0 Å². The minimum atomic E-state index is -0.813. The van der Waals surface area contributed by atoms with Crippen LogP contribution in [0.4, 0.5) is 0 Å². The van der Waals surface area contributed by atoms with E-state index in [0.29, 0.717) is 23.3 Å². The molecule has 38 heavy (non-hydrogen) atoms. The summed E-state index contributed by atoms with van der Waals surface area (Å²) < 4.78 is 9.79. The van der Waals surface area contributed by atoms with Crippen LogP contribution in [-0.2, 0) is 13.2 Å². The topological polar surface area (TPSA) is 51.5 Å². The van der Waals surface area contributed by atoms with Gasteiger partial charge in [-0.25, -0.2) is 4.79 Å². The van der Waals surface area contributed by atoms with Gasteiger partial charge in [-0.1, -0.05) is 68.9 Å². The SMILES string of the molecule is O=C(O)c1cc2c(s1)c(C1CCCCC1)c(-c1ccc(OCc3ccccc3)cc1)n2CC1CCCCC1. The summed E-state index contributed by atoms with van der Waals surface area (Å²) in [5.41, 5.74) is 6.21. The summed E-state index contributed by atoms with van der Waals surface area (Å²) in [5, 5.41) is 9.85. The van der Waals surface area contributed by atoms with E-state index >= 15 is 0 Å². The molecular weight excluding hydrogens is 490 g/mol.